The average Bonchev–Trinajstić information content (AvgIpc) is 2.29. The summed E-state index contributed by atoms with van der Waals surface area (Å²) in [6.07, 6.45) is 1.81. The van der Waals surface area contributed by atoms with Gasteiger partial charge in [0.2, 0.25) is 5.88 Å². The number of hydrogen-bond donors (Lipinski definition) is 2. The van der Waals surface area contributed by atoms with Crippen LogP contribution in [0.4, 0.5) is 11.5 Å². The van der Waals surface area contributed by atoms with Crippen LogP contribution in [0, 0.1) is 5.92 Å². The van der Waals surface area contributed by atoms with E-state index >= 15 is 0 Å². The molecule has 0 radical (unpaired) electrons. The van der Waals surface area contributed by atoms with Crippen LogP contribution in [-0.4, -0.2) is 22.1 Å². The molecule has 0 bridgehead atoms. The van der Waals surface area contributed by atoms with E-state index in [9.17, 15) is 0 Å². The molecule has 0 amide bonds. The molecule has 0 atom stereocenters. The molecule has 0 aliphatic heterocycles. The molecule has 5 nitrogen and oxygen atoms in total. The van der Waals surface area contributed by atoms with Gasteiger partial charge in [0.15, 0.2) is 5.82 Å². The largest absolute Gasteiger partial charge is 0.476 e. The predicted molar refractivity (Wildman–Crippen MR) is 84.1 cm³/mol. The summed E-state index contributed by atoms with van der Waals surface area (Å²) in [7, 11) is 0. The quantitative estimate of drug-likeness (QED) is 0.836. The maximum absolute atomic E-state index is 6.13. The lowest BCUT2D eigenvalue weighted by atomic mass is 10.1. The van der Waals surface area contributed by atoms with Crippen molar-refractivity contribution in [2.24, 2.45) is 5.92 Å². The minimum absolute atomic E-state index is 0.110. The van der Waals surface area contributed by atoms with Crippen molar-refractivity contribution in [2.75, 3.05) is 17.7 Å². The van der Waals surface area contributed by atoms with Crippen molar-refractivity contribution < 1.29 is 4.74 Å². The lowest BCUT2D eigenvalue weighted by Gasteiger charge is -2.23. The summed E-state index contributed by atoms with van der Waals surface area (Å²) in [4.78, 5) is 8.93. The summed E-state index contributed by atoms with van der Waals surface area (Å²) < 4.78 is 5.72. The molecule has 0 saturated heterocycles. The highest BCUT2D eigenvalue weighted by molar-refractivity contribution is 5.67. The first-order chi connectivity index (χ1) is 9.23. The van der Waals surface area contributed by atoms with Gasteiger partial charge in [-0.3, -0.25) is 0 Å². The third-order valence-corrected chi connectivity index (χ3v) is 2.48. The van der Waals surface area contributed by atoms with E-state index in [1.54, 1.807) is 0 Å². The number of rotatable bonds is 6. The van der Waals surface area contributed by atoms with Crippen molar-refractivity contribution in [1.29, 1.82) is 0 Å². The second-order valence-electron chi connectivity index (χ2n) is 6.54. The zero-order valence-electron chi connectivity index (χ0n) is 13.6. The second kappa shape index (κ2) is 6.77. The van der Waals surface area contributed by atoms with Crippen molar-refractivity contribution in [2.45, 2.75) is 59.9 Å². The van der Waals surface area contributed by atoms with E-state index in [0.29, 0.717) is 29.9 Å². The number of anilines is 2. The number of aryl methyl sites for hydroxylation is 1. The number of hydrogen-bond acceptors (Lipinski definition) is 5. The highest BCUT2D eigenvalue weighted by Gasteiger charge is 2.18. The molecule has 1 rings (SSSR count). The lowest BCUT2D eigenvalue weighted by Crippen LogP contribution is -2.28. The van der Waals surface area contributed by atoms with Crippen molar-refractivity contribution in [3.05, 3.63) is 5.82 Å². The highest BCUT2D eigenvalue weighted by Crippen LogP contribution is 2.28. The molecule has 20 heavy (non-hydrogen) atoms. The SMILES string of the molecule is CCCc1nc(NC(C)(C)C)c(N)c(OCC(C)C)n1. The molecule has 0 aliphatic rings. The van der Waals surface area contributed by atoms with Crippen molar-refractivity contribution in [3.8, 4) is 5.88 Å². The third kappa shape index (κ3) is 5.23. The van der Waals surface area contributed by atoms with Crippen molar-refractivity contribution in [3.63, 3.8) is 0 Å². The maximum Gasteiger partial charge on any atom is 0.242 e. The number of nitrogens with two attached hydrogens (primary N) is 1. The van der Waals surface area contributed by atoms with Gasteiger partial charge in [0, 0.05) is 12.0 Å². The molecule has 0 unspecified atom stereocenters. The molecule has 114 valence electrons. The maximum atomic E-state index is 6.13. The fourth-order valence-electron chi connectivity index (χ4n) is 1.63. The van der Waals surface area contributed by atoms with E-state index in [1.165, 1.54) is 0 Å². The first kappa shape index (κ1) is 16.5. The molecule has 0 aromatic carbocycles. The summed E-state index contributed by atoms with van der Waals surface area (Å²) in [5, 5.41) is 3.32. The van der Waals surface area contributed by atoms with Gasteiger partial charge in [-0.15, -0.1) is 0 Å². The highest BCUT2D eigenvalue weighted by atomic mass is 16.5. The standard InChI is InChI=1S/C15H28N4O/c1-7-8-11-17-13(19-15(4,5)6)12(16)14(18-11)20-9-10(2)3/h10H,7-9,16H2,1-6H3,(H,17,18,19). The lowest BCUT2D eigenvalue weighted by molar-refractivity contribution is 0.262. The van der Waals surface area contributed by atoms with Crippen LogP contribution in [0.15, 0.2) is 0 Å². The van der Waals surface area contributed by atoms with Gasteiger partial charge >= 0.3 is 0 Å². The fraction of sp³-hybridized carbons (Fsp3) is 0.733. The van der Waals surface area contributed by atoms with Gasteiger partial charge in [0.05, 0.1) is 6.61 Å². The van der Waals surface area contributed by atoms with Crippen LogP contribution in [0.2, 0.25) is 0 Å². The Morgan fingerprint density at radius 2 is 1.90 bits per heavy atom. The van der Waals surface area contributed by atoms with Crippen LogP contribution in [0.5, 0.6) is 5.88 Å². The number of ether oxygens (including phenoxy) is 1. The number of nitrogen functional groups attached to an aromatic ring is 1. The Hall–Kier alpha value is -1.52. The molecule has 0 saturated carbocycles. The normalized spacial score (nSPS) is 11.8. The summed E-state index contributed by atoms with van der Waals surface area (Å²) in [6, 6.07) is 0. The topological polar surface area (TPSA) is 73.1 Å². The van der Waals surface area contributed by atoms with Gasteiger partial charge in [0.25, 0.3) is 0 Å². The van der Waals surface area contributed by atoms with Gasteiger partial charge in [-0.25, -0.2) is 4.98 Å². The molecule has 0 aliphatic carbocycles. The van der Waals surface area contributed by atoms with Crippen LogP contribution >= 0.6 is 0 Å². The smallest absolute Gasteiger partial charge is 0.242 e. The Bertz CT molecular complexity index is 438. The molecule has 1 aromatic heterocycles. The molecular formula is C15H28N4O. The zero-order valence-corrected chi connectivity index (χ0v) is 13.6. The first-order valence-electron chi connectivity index (χ1n) is 7.30. The van der Waals surface area contributed by atoms with E-state index in [0.717, 1.165) is 18.7 Å². The average molecular weight is 280 g/mol. The van der Waals surface area contributed by atoms with Crippen LogP contribution < -0.4 is 15.8 Å². The van der Waals surface area contributed by atoms with E-state index in [4.69, 9.17) is 10.5 Å². The van der Waals surface area contributed by atoms with Crippen LogP contribution in [0.1, 0.15) is 53.8 Å². The van der Waals surface area contributed by atoms with E-state index in [1.807, 2.05) is 0 Å². The zero-order chi connectivity index (χ0) is 15.3. The van der Waals surface area contributed by atoms with E-state index in [-0.39, 0.29) is 5.54 Å². The van der Waals surface area contributed by atoms with E-state index in [2.05, 4.69) is 56.8 Å². The molecule has 1 heterocycles. The number of nitrogens with zero attached hydrogens (tertiary/aromatic N) is 2. The minimum Gasteiger partial charge on any atom is -0.476 e. The Kier molecular flexibility index (Phi) is 5.60. The predicted octanol–water partition coefficient (Wildman–Crippen LogP) is 3.26. The Morgan fingerprint density at radius 1 is 1.25 bits per heavy atom. The molecular weight excluding hydrogens is 252 g/mol. The van der Waals surface area contributed by atoms with Crippen LogP contribution in [-0.2, 0) is 6.42 Å². The second-order valence-corrected chi connectivity index (χ2v) is 6.54. The Balaban J connectivity index is 3.08. The van der Waals surface area contributed by atoms with Gasteiger partial charge in [0.1, 0.15) is 11.5 Å². The summed E-state index contributed by atoms with van der Waals surface area (Å²) in [5.41, 5.74) is 6.51. The third-order valence-electron chi connectivity index (χ3n) is 2.48. The van der Waals surface area contributed by atoms with Gasteiger partial charge in [-0.05, 0) is 33.1 Å². The van der Waals surface area contributed by atoms with Gasteiger partial charge in [-0.1, -0.05) is 20.8 Å². The molecule has 3 N–H and O–H groups in total. The van der Waals surface area contributed by atoms with E-state index < -0.39 is 0 Å². The Morgan fingerprint density at radius 3 is 2.40 bits per heavy atom. The minimum atomic E-state index is -0.110. The molecule has 5 heteroatoms. The number of aromatic nitrogens is 2. The van der Waals surface area contributed by atoms with Crippen LogP contribution in [0.3, 0.4) is 0 Å². The van der Waals surface area contributed by atoms with Crippen LogP contribution in [0.25, 0.3) is 0 Å². The monoisotopic (exact) mass is 280 g/mol. The Labute approximate surface area is 122 Å². The summed E-state index contributed by atoms with van der Waals surface area (Å²) in [6.45, 7) is 13.1. The molecule has 0 fully saturated rings. The summed E-state index contributed by atoms with van der Waals surface area (Å²) in [5.74, 6) is 2.35. The van der Waals surface area contributed by atoms with Gasteiger partial charge in [-0.2, -0.15) is 4.98 Å². The van der Waals surface area contributed by atoms with Crippen molar-refractivity contribution in [1.82, 2.24) is 9.97 Å². The van der Waals surface area contributed by atoms with Gasteiger partial charge < -0.3 is 15.8 Å². The first-order valence-corrected chi connectivity index (χ1v) is 7.30. The molecule has 0 spiro atoms. The molecule has 1 aromatic rings. The number of nitrogens with one attached hydrogen (secondary N) is 1. The summed E-state index contributed by atoms with van der Waals surface area (Å²) >= 11 is 0. The fourth-order valence-corrected chi connectivity index (χ4v) is 1.63. The van der Waals surface area contributed by atoms with Crippen molar-refractivity contribution >= 4 is 11.5 Å².